The largest absolute Gasteiger partial charge is 0.466 e. The summed E-state index contributed by atoms with van der Waals surface area (Å²) in [5.74, 6) is -0.222. The summed E-state index contributed by atoms with van der Waals surface area (Å²) in [5.41, 5.74) is 0. The van der Waals surface area contributed by atoms with E-state index in [2.05, 4.69) is 67.8 Å². The summed E-state index contributed by atoms with van der Waals surface area (Å²) in [4.78, 5) is 25.0. The van der Waals surface area contributed by atoms with Crippen LogP contribution in [0.15, 0.2) is 60.8 Å². The number of aliphatic hydroxyl groups excluding tert-OH is 5. The van der Waals surface area contributed by atoms with Gasteiger partial charge in [0.2, 0.25) is 5.91 Å². The van der Waals surface area contributed by atoms with Gasteiger partial charge in [0, 0.05) is 12.8 Å². The number of esters is 1. The van der Waals surface area contributed by atoms with Crippen LogP contribution in [0.1, 0.15) is 258 Å². The van der Waals surface area contributed by atoms with Crippen molar-refractivity contribution in [3.05, 3.63) is 60.8 Å². The van der Waals surface area contributed by atoms with Crippen LogP contribution in [0.5, 0.6) is 0 Å². The van der Waals surface area contributed by atoms with Crippen LogP contribution >= 0.6 is 0 Å². The zero-order valence-corrected chi connectivity index (χ0v) is 46.6. The molecule has 1 rings (SSSR count). The number of allylic oxidation sites excluding steroid dienone is 9. The van der Waals surface area contributed by atoms with Crippen molar-refractivity contribution in [2.45, 2.75) is 301 Å². The number of nitrogens with one attached hydrogen (secondary N) is 1. The van der Waals surface area contributed by atoms with Gasteiger partial charge in [-0.15, -0.1) is 0 Å². The highest BCUT2D eigenvalue weighted by Crippen LogP contribution is 2.23. The van der Waals surface area contributed by atoms with Gasteiger partial charge in [-0.2, -0.15) is 0 Å². The molecule has 6 N–H and O–H groups in total. The van der Waals surface area contributed by atoms with E-state index < -0.39 is 49.5 Å². The third kappa shape index (κ3) is 41.2. The number of aliphatic hydroxyl groups is 5. The van der Waals surface area contributed by atoms with Gasteiger partial charge in [-0.05, 0) is 96.3 Å². The number of unbranched alkanes of at least 4 members (excludes halogenated alkanes) is 29. The topological polar surface area (TPSA) is 175 Å². The van der Waals surface area contributed by atoms with E-state index in [4.69, 9.17) is 14.2 Å². The Morgan fingerprint density at radius 2 is 0.945 bits per heavy atom. The van der Waals surface area contributed by atoms with Gasteiger partial charge in [-0.1, -0.05) is 209 Å². The molecule has 0 bridgehead atoms. The minimum Gasteiger partial charge on any atom is -0.466 e. The number of hydrogen-bond donors (Lipinski definition) is 6. The van der Waals surface area contributed by atoms with E-state index in [1.165, 1.54) is 141 Å². The molecule has 0 aromatic rings. The van der Waals surface area contributed by atoms with Gasteiger partial charge in [0.1, 0.15) is 24.4 Å². The maximum Gasteiger partial charge on any atom is 0.305 e. The third-order valence-corrected chi connectivity index (χ3v) is 13.8. The number of amides is 1. The standard InChI is InChI=1S/C62H111NO10/c1-3-5-7-9-11-13-28-32-36-40-44-48-55(65)54(53-72-62-61(70)60(69)59(68)56(52-64)73-62)63-57(66)49-45-41-37-33-30-26-24-22-20-18-16-15-17-19-21-23-25-27-31-35-39-43-47-51-71-58(67)50-46-42-38-34-29-14-12-10-8-6-4-2/h10,12,15,17-18,20,28,32,44,48,54-56,59-62,64-65,68-70H,3-9,11,13-14,16,19,21-27,29-31,33-43,45-47,49-53H2,1-2H3,(H,63,66)/b12-10-,17-15-,20-18-,32-28+,48-44+. The number of hydrogen-bond acceptors (Lipinski definition) is 10. The van der Waals surface area contributed by atoms with Gasteiger partial charge >= 0.3 is 5.97 Å². The fourth-order valence-electron chi connectivity index (χ4n) is 8.99. The molecule has 11 nitrogen and oxygen atoms in total. The fourth-order valence-corrected chi connectivity index (χ4v) is 8.99. The van der Waals surface area contributed by atoms with Crippen LogP contribution in [0.4, 0.5) is 0 Å². The van der Waals surface area contributed by atoms with E-state index in [0.29, 0.717) is 19.4 Å². The molecule has 1 heterocycles. The average Bonchev–Trinajstić information content (AvgIpc) is 3.39. The van der Waals surface area contributed by atoms with Gasteiger partial charge < -0.3 is 45.1 Å². The van der Waals surface area contributed by atoms with E-state index in [9.17, 15) is 35.1 Å². The molecular formula is C62H111NO10. The van der Waals surface area contributed by atoms with Crippen molar-refractivity contribution in [2.75, 3.05) is 19.8 Å². The van der Waals surface area contributed by atoms with Crippen molar-refractivity contribution >= 4 is 11.9 Å². The lowest BCUT2D eigenvalue weighted by Crippen LogP contribution is -2.60. The number of ether oxygens (including phenoxy) is 3. The van der Waals surface area contributed by atoms with Gasteiger partial charge in [0.05, 0.1) is 32.0 Å². The molecule has 7 unspecified atom stereocenters. The lowest BCUT2D eigenvalue weighted by molar-refractivity contribution is -0.302. The smallest absolute Gasteiger partial charge is 0.305 e. The quantitative estimate of drug-likeness (QED) is 0.0195. The van der Waals surface area contributed by atoms with Gasteiger partial charge in [0.25, 0.3) is 0 Å². The molecule has 1 fully saturated rings. The lowest BCUT2D eigenvalue weighted by atomic mass is 9.99. The molecule has 1 aliphatic rings. The van der Waals surface area contributed by atoms with E-state index >= 15 is 0 Å². The van der Waals surface area contributed by atoms with Crippen molar-refractivity contribution in [1.29, 1.82) is 0 Å². The van der Waals surface area contributed by atoms with Crippen molar-refractivity contribution in [1.82, 2.24) is 5.32 Å². The highest BCUT2D eigenvalue weighted by atomic mass is 16.7. The van der Waals surface area contributed by atoms with Crippen LogP contribution < -0.4 is 5.32 Å². The first kappa shape index (κ1) is 68.4. The SMILES string of the molecule is CCCC/C=C\CCCCCCCC(=O)OCCCCCCCCCCC/C=C\C/C=C\CCCCCCCCCC(=O)NC(COC1OC(CO)C(O)C(O)C1O)C(O)/C=C/CC/C=C/CCCCCCC. The first-order valence-corrected chi connectivity index (χ1v) is 30.1. The summed E-state index contributed by atoms with van der Waals surface area (Å²) in [6.07, 6.45) is 56.1. The lowest BCUT2D eigenvalue weighted by Gasteiger charge is -2.40. The van der Waals surface area contributed by atoms with Crippen molar-refractivity contribution in [3.8, 4) is 0 Å². The van der Waals surface area contributed by atoms with Gasteiger partial charge in [-0.25, -0.2) is 0 Å². The van der Waals surface area contributed by atoms with E-state index in [-0.39, 0.29) is 18.5 Å². The molecule has 0 aromatic carbocycles. The Balaban J connectivity index is 2.08. The predicted molar refractivity (Wildman–Crippen MR) is 301 cm³/mol. The fraction of sp³-hybridized carbons (Fsp3) is 0.806. The van der Waals surface area contributed by atoms with E-state index in [1.54, 1.807) is 6.08 Å². The first-order valence-electron chi connectivity index (χ1n) is 30.1. The number of carbonyl (C=O) groups excluding carboxylic acids is 2. The molecule has 0 radical (unpaired) electrons. The molecule has 424 valence electrons. The molecular weight excluding hydrogens is 919 g/mol. The summed E-state index contributed by atoms with van der Waals surface area (Å²) < 4.78 is 16.7. The second-order valence-electron chi connectivity index (χ2n) is 20.7. The monoisotopic (exact) mass is 1030 g/mol. The van der Waals surface area contributed by atoms with Crippen molar-refractivity contribution in [2.24, 2.45) is 0 Å². The van der Waals surface area contributed by atoms with Crippen molar-refractivity contribution in [3.63, 3.8) is 0 Å². The molecule has 7 atom stereocenters. The van der Waals surface area contributed by atoms with Gasteiger partial charge in [0.15, 0.2) is 6.29 Å². The number of carbonyl (C=O) groups is 2. The maximum atomic E-state index is 13.0. The highest BCUT2D eigenvalue weighted by molar-refractivity contribution is 5.76. The Morgan fingerprint density at radius 1 is 0.507 bits per heavy atom. The highest BCUT2D eigenvalue weighted by Gasteiger charge is 2.44. The van der Waals surface area contributed by atoms with Crippen LogP contribution in [-0.2, 0) is 23.8 Å². The molecule has 0 aromatic heterocycles. The average molecular weight is 1030 g/mol. The summed E-state index contributed by atoms with van der Waals surface area (Å²) in [6, 6.07) is -0.835. The molecule has 1 aliphatic heterocycles. The van der Waals surface area contributed by atoms with Crippen LogP contribution in [0.3, 0.4) is 0 Å². The van der Waals surface area contributed by atoms with Crippen LogP contribution in [0, 0.1) is 0 Å². The van der Waals surface area contributed by atoms with E-state index in [1.807, 2.05) is 6.08 Å². The zero-order valence-electron chi connectivity index (χ0n) is 46.6. The second kappa shape index (κ2) is 51.5. The maximum absolute atomic E-state index is 13.0. The van der Waals surface area contributed by atoms with Gasteiger partial charge in [-0.3, -0.25) is 9.59 Å². The minimum atomic E-state index is -1.58. The third-order valence-electron chi connectivity index (χ3n) is 13.8. The molecule has 0 spiro atoms. The summed E-state index contributed by atoms with van der Waals surface area (Å²) in [6.45, 7) is 4.24. The Bertz CT molecular complexity index is 1400. The summed E-state index contributed by atoms with van der Waals surface area (Å²) >= 11 is 0. The molecule has 0 saturated carbocycles. The first-order chi connectivity index (χ1) is 35.7. The van der Waals surface area contributed by atoms with Crippen LogP contribution in [0.2, 0.25) is 0 Å². The predicted octanol–water partition coefficient (Wildman–Crippen LogP) is 13.8. The van der Waals surface area contributed by atoms with Crippen molar-refractivity contribution < 1.29 is 49.3 Å². The zero-order chi connectivity index (χ0) is 53.1. The molecule has 11 heteroatoms. The molecule has 1 amide bonds. The number of rotatable bonds is 51. The van der Waals surface area contributed by atoms with E-state index in [0.717, 1.165) is 89.9 Å². The molecule has 73 heavy (non-hydrogen) atoms. The van der Waals surface area contributed by atoms with Crippen LogP contribution in [0.25, 0.3) is 0 Å². The Hall–Kier alpha value is -2.64. The Morgan fingerprint density at radius 3 is 1.48 bits per heavy atom. The normalized spacial score (nSPS) is 19.4. The Kier molecular flexibility index (Phi) is 48.2. The summed E-state index contributed by atoms with van der Waals surface area (Å²) in [5, 5.41) is 54.2. The molecule has 1 saturated heterocycles. The van der Waals surface area contributed by atoms with Crippen LogP contribution in [-0.4, -0.2) is 100 Å². The Labute approximate surface area is 446 Å². The minimum absolute atomic E-state index is 0.0172. The molecule has 0 aliphatic carbocycles. The second-order valence-corrected chi connectivity index (χ2v) is 20.7. The summed E-state index contributed by atoms with van der Waals surface area (Å²) in [7, 11) is 0.